The van der Waals surface area contributed by atoms with Gasteiger partial charge in [0.2, 0.25) is 5.91 Å². The Morgan fingerprint density at radius 3 is 2.84 bits per heavy atom. The largest absolute Gasteiger partial charge is 0.350 e. The molecule has 2 aromatic heterocycles. The van der Waals surface area contributed by atoms with Gasteiger partial charge in [-0.05, 0) is 19.1 Å². The van der Waals surface area contributed by atoms with Crippen molar-refractivity contribution in [2.45, 2.75) is 19.4 Å². The van der Waals surface area contributed by atoms with Gasteiger partial charge >= 0.3 is 0 Å². The molecule has 3 aromatic rings. The zero-order valence-corrected chi connectivity index (χ0v) is 13.7. The Labute approximate surface area is 144 Å². The van der Waals surface area contributed by atoms with Gasteiger partial charge in [0, 0.05) is 25.4 Å². The first-order chi connectivity index (χ1) is 12.1. The van der Waals surface area contributed by atoms with Crippen LogP contribution in [0.25, 0.3) is 11.0 Å². The molecule has 0 saturated heterocycles. The van der Waals surface area contributed by atoms with Gasteiger partial charge in [0.1, 0.15) is 11.5 Å². The van der Waals surface area contributed by atoms with E-state index in [1.807, 2.05) is 31.2 Å². The van der Waals surface area contributed by atoms with Gasteiger partial charge in [-0.1, -0.05) is 12.1 Å². The average molecular weight is 338 g/mol. The van der Waals surface area contributed by atoms with E-state index in [-0.39, 0.29) is 36.5 Å². The van der Waals surface area contributed by atoms with Crippen LogP contribution in [0, 0.1) is 0 Å². The molecule has 0 aliphatic carbocycles. The minimum atomic E-state index is -0.355. The number of aromatic amines is 1. The number of benzene rings is 1. The Bertz CT molecular complexity index is 844. The lowest BCUT2D eigenvalue weighted by molar-refractivity contribution is -0.121. The number of fused-ring (bicyclic) bond motifs is 1. The summed E-state index contributed by atoms with van der Waals surface area (Å²) < 4.78 is 0. The van der Waals surface area contributed by atoms with E-state index in [2.05, 4.69) is 30.6 Å². The summed E-state index contributed by atoms with van der Waals surface area (Å²) >= 11 is 0. The fourth-order valence-corrected chi connectivity index (χ4v) is 2.36. The number of H-pyrrole nitrogens is 1. The molecule has 1 aromatic carbocycles. The van der Waals surface area contributed by atoms with E-state index in [1.165, 1.54) is 18.6 Å². The molecule has 2 amide bonds. The molecule has 0 aliphatic heterocycles. The van der Waals surface area contributed by atoms with E-state index < -0.39 is 0 Å². The zero-order chi connectivity index (χ0) is 17.6. The molecular formula is C17H18N6O2. The van der Waals surface area contributed by atoms with Crippen LogP contribution in [0.2, 0.25) is 0 Å². The number of imidazole rings is 1. The quantitative estimate of drug-likeness (QED) is 0.628. The summed E-state index contributed by atoms with van der Waals surface area (Å²) in [6.07, 6.45) is 4.47. The Morgan fingerprint density at radius 1 is 1.24 bits per heavy atom. The minimum Gasteiger partial charge on any atom is -0.350 e. The molecule has 1 unspecified atom stereocenters. The van der Waals surface area contributed by atoms with Crippen LogP contribution >= 0.6 is 0 Å². The Kier molecular flexibility index (Phi) is 4.98. The second-order valence-corrected chi connectivity index (χ2v) is 5.52. The first-order valence-corrected chi connectivity index (χ1v) is 7.91. The second kappa shape index (κ2) is 7.52. The monoisotopic (exact) mass is 338 g/mol. The van der Waals surface area contributed by atoms with Crippen molar-refractivity contribution in [2.75, 3.05) is 6.54 Å². The Morgan fingerprint density at radius 2 is 2.08 bits per heavy atom. The van der Waals surface area contributed by atoms with Crippen molar-refractivity contribution in [1.29, 1.82) is 0 Å². The molecule has 25 heavy (non-hydrogen) atoms. The van der Waals surface area contributed by atoms with Gasteiger partial charge in [0.05, 0.1) is 23.3 Å². The summed E-state index contributed by atoms with van der Waals surface area (Å²) in [7, 11) is 0. The summed E-state index contributed by atoms with van der Waals surface area (Å²) in [5.41, 5.74) is 2.00. The van der Waals surface area contributed by atoms with Crippen molar-refractivity contribution < 1.29 is 9.59 Å². The maximum atomic E-state index is 12.0. The van der Waals surface area contributed by atoms with E-state index in [4.69, 9.17) is 0 Å². The highest BCUT2D eigenvalue weighted by atomic mass is 16.2. The summed E-state index contributed by atoms with van der Waals surface area (Å²) in [6.45, 7) is 2.07. The summed E-state index contributed by atoms with van der Waals surface area (Å²) in [6, 6.07) is 7.42. The number of hydrogen-bond acceptors (Lipinski definition) is 5. The molecule has 0 fully saturated rings. The van der Waals surface area contributed by atoms with Gasteiger partial charge in [0.25, 0.3) is 5.91 Å². The number of amides is 2. The zero-order valence-electron chi connectivity index (χ0n) is 13.7. The molecule has 0 saturated carbocycles. The van der Waals surface area contributed by atoms with E-state index in [0.29, 0.717) is 5.82 Å². The second-order valence-electron chi connectivity index (χ2n) is 5.52. The highest BCUT2D eigenvalue weighted by Gasteiger charge is 2.14. The minimum absolute atomic E-state index is 0.163. The number of nitrogens with one attached hydrogen (secondary N) is 3. The number of hydrogen-bond donors (Lipinski definition) is 3. The first kappa shape index (κ1) is 16.6. The van der Waals surface area contributed by atoms with Crippen LogP contribution in [0.5, 0.6) is 0 Å². The van der Waals surface area contributed by atoms with Gasteiger partial charge in [-0.15, -0.1) is 0 Å². The van der Waals surface area contributed by atoms with E-state index in [9.17, 15) is 9.59 Å². The number of carbonyl (C=O) groups excluding carboxylic acids is 2. The smallest absolute Gasteiger partial charge is 0.271 e. The first-order valence-electron chi connectivity index (χ1n) is 7.91. The lowest BCUT2D eigenvalue weighted by atomic mass is 10.3. The SMILES string of the molecule is CC(NC(=O)CCNC(=O)c1cnccn1)c1nc2ccccc2[nH]1. The van der Waals surface area contributed by atoms with Gasteiger partial charge in [0.15, 0.2) is 0 Å². The molecule has 3 rings (SSSR count). The molecule has 0 bridgehead atoms. The van der Waals surface area contributed by atoms with Crippen LogP contribution in [-0.2, 0) is 4.79 Å². The van der Waals surface area contributed by atoms with E-state index in [1.54, 1.807) is 0 Å². The average Bonchev–Trinajstić information content (AvgIpc) is 3.06. The van der Waals surface area contributed by atoms with Crippen LogP contribution in [-0.4, -0.2) is 38.3 Å². The summed E-state index contributed by atoms with van der Waals surface area (Å²) in [5, 5.41) is 5.50. The number of aromatic nitrogens is 4. The van der Waals surface area contributed by atoms with Gasteiger partial charge < -0.3 is 15.6 Å². The lowest BCUT2D eigenvalue weighted by Gasteiger charge is -2.11. The van der Waals surface area contributed by atoms with Crippen molar-refractivity contribution in [3.05, 3.63) is 54.4 Å². The topological polar surface area (TPSA) is 113 Å². The van der Waals surface area contributed by atoms with Gasteiger partial charge in [-0.3, -0.25) is 14.6 Å². The van der Waals surface area contributed by atoms with Crippen molar-refractivity contribution >= 4 is 22.8 Å². The Balaban J connectivity index is 1.48. The van der Waals surface area contributed by atoms with Crippen molar-refractivity contribution in [3.8, 4) is 0 Å². The van der Waals surface area contributed by atoms with Crippen LogP contribution in [0.1, 0.15) is 35.7 Å². The maximum absolute atomic E-state index is 12.0. The van der Waals surface area contributed by atoms with Crippen LogP contribution in [0.4, 0.5) is 0 Å². The number of carbonyl (C=O) groups is 2. The highest BCUT2D eigenvalue weighted by molar-refractivity contribution is 5.92. The molecule has 3 N–H and O–H groups in total. The fourth-order valence-electron chi connectivity index (χ4n) is 2.36. The molecule has 0 spiro atoms. The van der Waals surface area contributed by atoms with Crippen molar-refractivity contribution in [1.82, 2.24) is 30.6 Å². The number of para-hydroxylation sites is 2. The predicted molar refractivity (Wildman–Crippen MR) is 91.6 cm³/mol. The van der Waals surface area contributed by atoms with Gasteiger partial charge in [-0.2, -0.15) is 0 Å². The van der Waals surface area contributed by atoms with Crippen LogP contribution in [0.3, 0.4) is 0 Å². The standard InChI is InChI=1S/C17H18N6O2/c1-11(16-22-12-4-2-3-5-13(12)23-16)21-15(24)6-7-20-17(25)14-10-18-8-9-19-14/h2-5,8-11H,6-7H2,1H3,(H,20,25)(H,21,24)(H,22,23). The molecule has 2 heterocycles. The molecule has 8 nitrogen and oxygen atoms in total. The molecule has 0 radical (unpaired) electrons. The Hall–Kier alpha value is -3.29. The highest BCUT2D eigenvalue weighted by Crippen LogP contribution is 2.15. The third-order valence-corrected chi connectivity index (χ3v) is 3.63. The molecule has 0 aliphatic rings. The molecule has 8 heteroatoms. The number of nitrogens with zero attached hydrogens (tertiary/aromatic N) is 3. The van der Waals surface area contributed by atoms with Crippen LogP contribution in [0.15, 0.2) is 42.9 Å². The van der Waals surface area contributed by atoms with E-state index in [0.717, 1.165) is 11.0 Å². The number of rotatable bonds is 6. The van der Waals surface area contributed by atoms with Crippen LogP contribution < -0.4 is 10.6 Å². The van der Waals surface area contributed by atoms with Crippen molar-refractivity contribution in [2.24, 2.45) is 0 Å². The van der Waals surface area contributed by atoms with Gasteiger partial charge in [-0.25, -0.2) is 9.97 Å². The van der Waals surface area contributed by atoms with Crippen molar-refractivity contribution in [3.63, 3.8) is 0 Å². The third kappa shape index (κ3) is 4.17. The summed E-state index contributed by atoms with van der Waals surface area (Å²) in [5.74, 6) is 0.164. The lowest BCUT2D eigenvalue weighted by Crippen LogP contribution is -2.32. The molecule has 128 valence electrons. The summed E-state index contributed by atoms with van der Waals surface area (Å²) in [4.78, 5) is 39.2. The third-order valence-electron chi connectivity index (χ3n) is 3.63. The molecule has 1 atom stereocenters. The molecular weight excluding hydrogens is 320 g/mol. The van der Waals surface area contributed by atoms with E-state index >= 15 is 0 Å². The predicted octanol–water partition coefficient (Wildman–Crippen LogP) is 1.35. The normalized spacial score (nSPS) is 11.9. The maximum Gasteiger partial charge on any atom is 0.271 e. The fraction of sp³-hybridized carbons (Fsp3) is 0.235.